The van der Waals surface area contributed by atoms with Crippen molar-refractivity contribution in [1.29, 1.82) is 0 Å². The number of aromatic nitrogens is 5. The Morgan fingerprint density at radius 1 is 1.25 bits per heavy atom. The monoisotopic (exact) mass is 287 g/mol. The van der Waals surface area contributed by atoms with Gasteiger partial charge in [-0.15, -0.1) is 0 Å². The largest absolute Gasteiger partial charge is 0.383 e. The number of aromatic amines is 1. The number of nitrogens with one attached hydrogen (secondary N) is 1. The van der Waals surface area contributed by atoms with Crippen molar-refractivity contribution in [3.8, 4) is 11.4 Å². The fourth-order valence-electron chi connectivity index (χ4n) is 2.03. The Hall–Kier alpha value is -2.12. The van der Waals surface area contributed by atoms with Gasteiger partial charge in [0.15, 0.2) is 10.6 Å². The molecule has 0 aliphatic heterocycles. The Balaban J connectivity index is 2.08. The zero-order chi connectivity index (χ0) is 13.9. The second kappa shape index (κ2) is 5.48. The number of ether oxygens (including phenoxy) is 1. The Bertz CT molecular complexity index is 795. The van der Waals surface area contributed by atoms with Gasteiger partial charge in [-0.05, 0) is 30.4 Å². The van der Waals surface area contributed by atoms with Crippen LogP contribution in [0.2, 0.25) is 0 Å². The zero-order valence-corrected chi connectivity index (χ0v) is 11.7. The third kappa shape index (κ3) is 2.33. The topological polar surface area (TPSA) is 68.6 Å². The van der Waals surface area contributed by atoms with Gasteiger partial charge in [-0.25, -0.2) is 0 Å². The number of hydrogen-bond acceptors (Lipinski definition) is 5. The lowest BCUT2D eigenvalue weighted by Gasteiger charge is -2.06. The van der Waals surface area contributed by atoms with Crippen LogP contribution >= 0.6 is 12.2 Å². The highest BCUT2D eigenvalue weighted by atomic mass is 32.1. The van der Waals surface area contributed by atoms with Crippen molar-refractivity contribution in [3.05, 3.63) is 35.4 Å². The summed E-state index contributed by atoms with van der Waals surface area (Å²) in [5, 5.41) is 7.10. The minimum Gasteiger partial charge on any atom is -0.383 e. The highest BCUT2D eigenvalue weighted by molar-refractivity contribution is 7.71. The summed E-state index contributed by atoms with van der Waals surface area (Å²) in [4.78, 5) is 8.56. The van der Waals surface area contributed by atoms with Crippen LogP contribution in [0.4, 0.5) is 0 Å². The lowest BCUT2D eigenvalue weighted by molar-refractivity contribution is 0.187. The van der Waals surface area contributed by atoms with Crippen LogP contribution in [0.15, 0.2) is 30.6 Å². The van der Waals surface area contributed by atoms with Crippen molar-refractivity contribution in [2.24, 2.45) is 0 Å². The second-order valence-electron chi connectivity index (χ2n) is 4.26. The minimum absolute atomic E-state index is 0.578. The first-order valence-corrected chi connectivity index (χ1v) is 6.55. The highest BCUT2D eigenvalue weighted by Gasteiger charge is 2.09. The molecular formula is C13H13N5OS. The van der Waals surface area contributed by atoms with E-state index in [0.717, 1.165) is 22.4 Å². The molecule has 0 aliphatic rings. The Labute approximate surface area is 120 Å². The number of hydrogen-bond donors (Lipinski definition) is 1. The first-order valence-electron chi connectivity index (χ1n) is 6.15. The van der Waals surface area contributed by atoms with Gasteiger partial charge in [-0.1, -0.05) is 0 Å². The predicted molar refractivity (Wildman–Crippen MR) is 77.8 cm³/mol. The molecule has 0 fully saturated rings. The molecule has 2 heterocycles. The van der Waals surface area contributed by atoms with E-state index in [9.17, 15) is 0 Å². The molecule has 0 saturated heterocycles. The smallest absolute Gasteiger partial charge is 0.195 e. The molecule has 20 heavy (non-hydrogen) atoms. The maximum absolute atomic E-state index is 5.24. The van der Waals surface area contributed by atoms with Crippen molar-refractivity contribution in [2.75, 3.05) is 13.7 Å². The molecule has 0 unspecified atom stereocenters. The predicted octanol–water partition coefficient (Wildman–Crippen LogP) is 2.20. The molecule has 6 nitrogen and oxygen atoms in total. The van der Waals surface area contributed by atoms with E-state index < -0.39 is 0 Å². The summed E-state index contributed by atoms with van der Waals surface area (Å²) in [6.45, 7) is 1.23. The summed E-state index contributed by atoms with van der Waals surface area (Å²) < 4.78 is 7.59. The number of H-pyrrole nitrogens is 1. The number of benzene rings is 1. The van der Waals surface area contributed by atoms with Gasteiger partial charge in [-0.2, -0.15) is 5.10 Å². The Kier molecular flexibility index (Phi) is 3.53. The first-order chi connectivity index (χ1) is 9.79. The van der Waals surface area contributed by atoms with Gasteiger partial charge in [0.1, 0.15) is 0 Å². The van der Waals surface area contributed by atoms with E-state index in [1.165, 1.54) is 0 Å². The minimum atomic E-state index is 0.578. The van der Waals surface area contributed by atoms with Crippen molar-refractivity contribution < 1.29 is 4.74 Å². The maximum atomic E-state index is 5.24. The number of fused-ring (bicyclic) bond motifs is 1. The molecule has 0 saturated carbocycles. The van der Waals surface area contributed by atoms with E-state index in [2.05, 4.69) is 20.2 Å². The molecule has 0 amide bonds. The van der Waals surface area contributed by atoms with E-state index in [0.29, 0.717) is 17.9 Å². The molecule has 0 spiro atoms. The molecule has 7 heteroatoms. The summed E-state index contributed by atoms with van der Waals surface area (Å²) in [5.74, 6) is 0.777. The summed E-state index contributed by atoms with van der Waals surface area (Å²) in [6.07, 6.45) is 3.35. The lowest BCUT2D eigenvalue weighted by atomic mass is 10.2. The molecule has 2 aromatic heterocycles. The van der Waals surface area contributed by atoms with Crippen LogP contribution < -0.4 is 0 Å². The Morgan fingerprint density at radius 3 is 2.85 bits per heavy atom. The third-order valence-corrected chi connectivity index (χ3v) is 3.32. The van der Waals surface area contributed by atoms with Crippen molar-refractivity contribution >= 4 is 23.3 Å². The SMILES string of the molecule is COCCn1c(-c2ccc3nccnc3c2)n[nH]c1=S. The summed E-state index contributed by atoms with van der Waals surface area (Å²) in [7, 11) is 1.66. The van der Waals surface area contributed by atoms with E-state index in [1.807, 2.05) is 22.8 Å². The third-order valence-electron chi connectivity index (χ3n) is 3.00. The van der Waals surface area contributed by atoms with Crippen LogP contribution in [0, 0.1) is 4.77 Å². The lowest BCUT2D eigenvalue weighted by Crippen LogP contribution is -2.06. The molecule has 1 aromatic carbocycles. The van der Waals surface area contributed by atoms with E-state index >= 15 is 0 Å². The van der Waals surface area contributed by atoms with Crippen molar-refractivity contribution in [3.63, 3.8) is 0 Å². The van der Waals surface area contributed by atoms with E-state index in [4.69, 9.17) is 17.0 Å². The molecule has 102 valence electrons. The van der Waals surface area contributed by atoms with Gasteiger partial charge >= 0.3 is 0 Å². The number of rotatable bonds is 4. The zero-order valence-electron chi connectivity index (χ0n) is 10.9. The molecule has 0 atom stereocenters. The van der Waals surface area contributed by atoms with Gasteiger partial charge in [0.05, 0.1) is 24.2 Å². The van der Waals surface area contributed by atoms with Crippen LogP contribution in [0.25, 0.3) is 22.4 Å². The molecule has 0 radical (unpaired) electrons. The van der Waals surface area contributed by atoms with Gasteiger partial charge < -0.3 is 4.74 Å². The van der Waals surface area contributed by atoms with Crippen LogP contribution in [0.5, 0.6) is 0 Å². The number of nitrogens with zero attached hydrogens (tertiary/aromatic N) is 4. The quantitative estimate of drug-likeness (QED) is 0.745. The molecule has 1 N–H and O–H groups in total. The van der Waals surface area contributed by atoms with E-state index in [-0.39, 0.29) is 0 Å². The summed E-state index contributed by atoms with van der Waals surface area (Å²) in [5.41, 5.74) is 2.63. The first kappa shape index (κ1) is 12.9. The van der Waals surface area contributed by atoms with Crippen molar-refractivity contribution in [2.45, 2.75) is 6.54 Å². The van der Waals surface area contributed by atoms with Crippen molar-refractivity contribution in [1.82, 2.24) is 24.7 Å². The average Bonchev–Trinajstić information content (AvgIpc) is 2.85. The summed E-state index contributed by atoms with van der Waals surface area (Å²) in [6, 6.07) is 5.85. The molecule has 3 aromatic rings. The van der Waals surface area contributed by atoms with Gasteiger partial charge in [0.2, 0.25) is 0 Å². The molecule has 0 aliphatic carbocycles. The van der Waals surface area contributed by atoms with Gasteiger partial charge in [0, 0.05) is 25.1 Å². The normalized spacial score (nSPS) is 11.1. The fourth-order valence-corrected chi connectivity index (χ4v) is 2.25. The number of methoxy groups -OCH3 is 1. The molecule has 0 bridgehead atoms. The van der Waals surface area contributed by atoms with Crippen LogP contribution in [0.3, 0.4) is 0 Å². The van der Waals surface area contributed by atoms with Gasteiger partial charge in [0.25, 0.3) is 0 Å². The standard InChI is InChI=1S/C13H13N5OS/c1-19-7-6-18-12(16-17-13(18)20)9-2-3-10-11(8-9)15-5-4-14-10/h2-5,8H,6-7H2,1H3,(H,17,20). The summed E-state index contributed by atoms with van der Waals surface area (Å²) >= 11 is 5.24. The van der Waals surface area contributed by atoms with E-state index in [1.54, 1.807) is 19.5 Å². The average molecular weight is 287 g/mol. The fraction of sp³-hybridized carbons (Fsp3) is 0.231. The van der Waals surface area contributed by atoms with Gasteiger partial charge in [-0.3, -0.25) is 19.6 Å². The van der Waals surface area contributed by atoms with Crippen LogP contribution in [0.1, 0.15) is 0 Å². The molecular weight excluding hydrogens is 274 g/mol. The van der Waals surface area contributed by atoms with Crippen LogP contribution in [-0.4, -0.2) is 38.4 Å². The van der Waals surface area contributed by atoms with Crippen LogP contribution in [-0.2, 0) is 11.3 Å². The Morgan fingerprint density at radius 2 is 2.05 bits per heavy atom. The maximum Gasteiger partial charge on any atom is 0.195 e. The highest BCUT2D eigenvalue weighted by Crippen LogP contribution is 2.21. The molecule has 3 rings (SSSR count). The second-order valence-corrected chi connectivity index (χ2v) is 4.64.